The fourth-order valence-electron chi connectivity index (χ4n) is 3.85. The first-order chi connectivity index (χ1) is 16.2. The zero-order valence-electron chi connectivity index (χ0n) is 18.7. The van der Waals surface area contributed by atoms with Gasteiger partial charge in [0, 0.05) is 25.1 Å². The largest absolute Gasteiger partial charge is 0.495 e. The third-order valence-electron chi connectivity index (χ3n) is 5.67. The number of alkyl halides is 3. The first-order valence-electron chi connectivity index (χ1n) is 10.7. The van der Waals surface area contributed by atoms with Crippen LogP contribution in [0.1, 0.15) is 46.2 Å². The zero-order chi connectivity index (χ0) is 24.3. The van der Waals surface area contributed by atoms with Crippen molar-refractivity contribution in [3.8, 4) is 17.2 Å². The Kier molecular flexibility index (Phi) is 6.67. The minimum atomic E-state index is -4.41. The van der Waals surface area contributed by atoms with Crippen LogP contribution in [-0.2, 0) is 6.18 Å². The second-order valence-corrected chi connectivity index (χ2v) is 8.01. The number of piperidine rings is 1. The summed E-state index contributed by atoms with van der Waals surface area (Å²) < 4.78 is 49.0. The average molecular weight is 472 g/mol. The van der Waals surface area contributed by atoms with Crippen molar-refractivity contribution in [1.82, 2.24) is 20.1 Å². The molecule has 0 aliphatic carbocycles. The van der Waals surface area contributed by atoms with Crippen molar-refractivity contribution >= 4 is 5.91 Å². The molecule has 4 rings (SSSR count). The molecule has 1 amide bonds. The van der Waals surface area contributed by atoms with E-state index in [1.807, 2.05) is 13.0 Å². The fraction of sp³-hybridized carbons (Fsp3) is 0.333. The minimum absolute atomic E-state index is 0.152. The summed E-state index contributed by atoms with van der Waals surface area (Å²) in [6.07, 6.45) is -1.56. The molecule has 0 N–H and O–H groups in total. The first kappa shape index (κ1) is 23.5. The number of methoxy groups -OCH3 is 1. The predicted octanol–water partition coefficient (Wildman–Crippen LogP) is 5.02. The van der Waals surface area contributed by atoms with Crippen molar-refractivity contribution in [1.29, 1.82) is 0 Å². The Labute approximate surface area is 194 Å². The summed E-state index contributed by atoms with van der Waals surface area (Å²) in [7, 11) is 1.61. The van der Waals surface area contributed by atoms with Crippen molar-refractivity contribution in [3.05, 3.63) is 71.3 Å². The van der Waals surface area contributed by atoms with Crippen LogP contribution < -0.4 is 9.47 Å². The van der Waals surface area contributed by atoms with Gasteiger partial charge in [-0.05, 0) is 56.2 Å². The summed E-state index contributed by atoms with van der Waals surface area (Å²) in [6.45, 7) is 2.95. The maximum atomic E-state index is 12.9. The number of nitrogens with zero attached hydrogens (tertiary/aromatic N) is 4. The predicted molar refractivity (Wildman–Crippen MR) is 117 cm³/mol. The van der Waals surface area contributed by atoms with E-state index < -0.39 is 11.7 Å². The van der Waals surface area contributed by atoms with Gasteiger partial charge in [0.25, 0.3) is 5.91 Å². The zero-order valence-corrected chi connectivity index (χ0v) is 18.7. The molecule has 1 aliphatic rings. The number of rotatable bonds is 5. The van der Waals surface area contributed by atoms with Gasteiger partial charge < -0.3 is 14.4 Å². The fourth-order valence-corrected chi connectivity index (χ4v) is 3.85. The van der Waals surface area contributed by atoms with Gasteiger partial charge in [0.2, 0.25) is 0 Å². The van der Waals surface area contributed by atoms with E-state index in [1.165, 1.54) is 18.3 Å². The molecule has 0 unspecified atom stereocenters. The Bertz CT molecular complexity index is 1140. The van der Waals surface area contributed by atoms with E-state index in [9.17, 15) is 18.0 Å². The Morgan fingerprint density at radius 2 is 1.71 bits per heavy atom. The van der Waals surface area contributed by atoms with Crippen molar-refractivity contribution in [2.75, 3.05) is 20.2 Å². The molecular formula is C24H23F3N4O3. The third kappa shape index (κ3) is 5.27. The summed E-state index contributed by atoms with van der Waals surface area (Å²) in [5.41, 5.74) is 1.11. The standard InChI is InChI=1S/C24H23F3N4O3/c1-15-13-21(33-2)22(30-29-15)16-9-11-31(12-10-16)23(32)20-8-7-19(14-28-20)34-18-5-3-17(4-6-18)24(25,26)27/h3-8,13-14,16H,9-12H2,1-2H3. The Balaban J connectivity index is 1.35. The molecule has 0 atom stereocenters. The lowest BCUT2D eigenvalue weighted by molar-refractivity contribution is -0.137. The van der Waals surface area contributed by atoms with Gasteiger partial charge >= 0.3 is 6.18 Å². The van der Waals surface area contributed by atoms with Gasteiger partial charge in [-0.1, -0.05) is 0 Å². The highest BCUT2D eigenvalue weighted by molar-refractivity contribution is 5.92. The number of aryl methyl sites for hydroxylation is 1. The second-order valence-electron chi connectivity index (χ2n) is 8.01. The van der Waals surface area contributed by atoms with Gasteiger partial charge in [-0.15, -0.1) is 0 Å². The number of carbonyl (C=O) groups is 1. The molecule has 0 bridgehead atoms. The van der Waals surface area contributed by atoms with E-state index in [2.05, 4.69) is 15.2 Å². The third-order valence-corrected chi connectivity index (χ3v) is 5.67. The number of hydrogen-bond acceptors (Lipinski definition) is 6. The van der Waals surface area contributed by atoms with Crippen LogP contribution >= 0.6 is 0 Å². The number of likely N-dealkylation sites (tertiary alicyclic amines) is 1. The van der Waals surface area contributed by atoms with E-state index >= 15 is 0 Å². The number of pyridine rings is 1. The van der Waals surface area contributed by atoms with Gasteiger partial charge in [-0.3, -0.25) is 4.79 Å². The average Bonchev–Trinajstić information content (AvgIpc) is 2.84. The number of benzene rings is 1. The molecule has 1 saturated heterocycles. The SMILES string of the molecule is COc1cc(C)nnc1C1CCN(C(=O)c2ccc(Oc3ccc(C(F)(F)F)cc3)cn2)CC1. The van der Waals surface area contributed by atoms with Gasteiger partial charge in [-0.25, -0.2) is 4.98 Å². The van der Waals surface area contributed by atoms with Gasteiger partial charge in [0.15, 0.2) is 0 Å². The van der Waals surface area contributed by atoms with Crippen molar-refractivity contribution in [2.45, 2.75) is 31.9 Å². The lowest BCUT2D eigenvalue weighted by atomic mass is 9.92. The van der Waals surface area contributed by atoms with Crippen LogP contribution in [-0.4, -0.2) is 46.2 Å². The quantitative estimate of drug-likeness (QED) is 0.519. The molecule has 10 heteroatoms. The maximum absolute atomic E-state index is 12.9. The molecule has 0 radical (unpaired) electrons. The molecule has 34 heavy (non-hydrogen) atoms. The van der Waals surface area contributed by atoms with Crippen LogP contribution in [0.15, 0.2) is 48.7 Å². The van der Waals surface area contributed by atoms with Crippen molar-refractivity contribution in [3.63, 3.8) is 0 Å². The van der Waals surface area contributed by atoms with E-state index in [0.29, 0.717) is 24.6 Å². The van der Waals surface area contributed by atoms with Crippen LogP contribution in [0, 0.1) is 6.92 Å². The van der Waals surface area contributed by atoms with Crippen molar-refractivity contribution < 1.29 is 27.4 Å². The van der Waals surface area contributed by atoms with Gasteiger partial charge in [0.1, 0.15) is 28.6 Å². The van der Waals surface area contributed by atoms with Gasteiger partial charge in [0.05, 0.1) is 24.6 Å². The number of carbonyl (C=O) groups excluding carboxylic acids is 1. The van der Waals surface area contributed by atoms with Crippen LogP contribution in [0.4, 0.5) is 13.2 Å². The molecule has 1 aliphatic heterocycles. The summed E-state index contributed by atoms with van der Waals surface area (Å²) >= 11 is 0. The molecule has 0 saturated carbocycles. The molecule has 7 nitrogen and oxygen atoms in total. The molecule has 2 aromatic heterocycles. The van der Waals surface area contributed by atoms with E-state index in [4.69, 9.17) is 9.47 Å². The molecule has 1 fully saturated rings. The summed E-state index contributed by atoms with van der Waals surface area (Å²) in [5, 5.41) is 8.44. The Hall–Kier alpha value is -3.69. The first-order valence-corrected chi connectivity index (χ1v) is 10.7. The normalized spacial score (nSPS) is 14.7. The lowest BCUT2D eigenvalue weighted by Gasteiger charge is -2.31. The summed E-state index contributed by atoms with van der Waals surface area (Å²) in [6, 6.07) is 9.33. The van der Waals surface area contributed by atoms with Crippen LogP contribution in [0.25, 0.3) is 0 Å². The molecule has 178 valence electrons. The number of aromatic nitrogens is 3. The van der Waals surface area contributed by atoms with E-state index in [1.54, 1.807) is 24.1 Å². The smallest absolute Gasteiger partial charge is 0.416 e. The van der Waals surface area contributed by atoms with Crippen LogP contribution in [0.2, 0.25) is 0 Å². The Morgan fingerprint density at radius 3 is 2.29 bits per heavy atom. The molecule has 3 aromatic rings. The molecule has 0 spiro atoms. The maximum Gasteiger partial charge on any atom is 0.416 e. The molecule has 1 aromatic carbocycles. The second kappa shape index (κ2) is 9.66. The highest BCUT2D eigenvalue weighted by Crippen LogP contribution is 2.33. The van der Waals surface area contributed by atoms with Crippen LogP contribution in [0.3, 0.4) is 0 Å². The van der Waals surface area contributed by atoms with Crippen molar-refractivity contribution in [2.24, 2.45) is 0 Å². The highest BCUT2D eigenvalue weighted by atomic mass is 19.4. The summed E-state index contributed by atoms with van der Waals surface area (Å²) in [4.78, 5) is 18.8. The van der Waals surface area contributed by atoms with Crippen LogP contribution in [0.5, 0.6) is 17.2 Å². The molecule has 3 heterocycles. The highest BCUT2D eigenvalue weighted by Gasteiger charge is 2.30. The topological polar surface area (TPSA) is 77.4 Å². The number of ether oxygens (including phenoxy) is 2. The molecular weight excluding hydrogens is 449 g/mol. The monoisotopic (exact) mass is 472 g/mol. The Morgan fingerprint density at radius 1 is 1.03 bits per heavy atom. The number of hydrogen-bond donors (Lipinski definition) is 0. The van der Waals surface area contributed by atoms with E-state index in [-0.39, 0.29) is 23.3 Å². The lowest BCUT2D eigenvalue weighted by Crippen LogP contribution is -2.38. The number of amides is 1. The summed E-state index contributed by atoms with van der Waals surface area (Å²) in [5.74, 6) is 1.23. The number of halogens is 3. The van der Waals surface area contributed by atoms with Gasteiger partial charge in [-0.2, -0.15) is 23.4 Å². The van der Waals surface area contributed by atoms with E-state index in [0.717, 1.165) is 36.4 Å². The minimum Gasteiger partial charge on any atom is -0.495 e.